The summed E-state index contributed by atoms with van der Waals surface area (Å²) in [7, 11) is 0. The lowest BCUT2D eigenvalue weighted by molar-refractivity contribution is 0.0505. The molecule has 0 saturated heterocycles. The molecule has 1 atom stereocenters. The van der Waals surface area contributed by atoms with Crippen LogP contribution in [-0.4, -0.2) is 41.8 Å². The van der Waals surface area contributed by atoms with Gasteiger partial charge in [-0.2, -0.15) is 0 Å². The summed E-state index contributed by atoms with van der Waals surface area (Å²) in [6.45, 7) is 9.70. The summed E-state index contributed by atoms with van der Waals surface area (Å²) in [4.78, 5) is 29.6. The molecule has 1 unspecified atom stereocenters. The number of thiophene rings is 1. The van der Waals surface area contributed by atoms with E-state index in [1.165, 1.54) is 11.3 Å². The monoisotopic (exact) mass is 439 g/mol. The van der Waals surface area contributed by atoms with Gasteiger partial charge in [0.25, 0.3) is 0 Å². The number of anilines is 1. The van der Waals surface area contributed by atoms with Gasteiger partial charge in [0.15, 0.2) is 0 Å². The van der Waals surface area contributed by atoms with E-state index in [1.54, 1.807) is 40.0 Å². The van der Waals surface area contributed by atoms with Gasteiger partial charge in [0, 0.05) is 23.7 Å². The molecule has 1 amide bonds. The van der Waals surface area contributed by atoms with Crippen molar-refractivity contribution in [3.63, 3.8) is 0 Å². The molecular formula is C20H26ClN3O4S. The lowest BCUT2D eigenvalue weighted by Gasteiger charge is -2.22. The molecule has 0 aromatic carbocycles. The average Bonchev–Trinajstić information content (AvgIpc) is 3.03. The number of esters is 1. The van der Waals surface area contributed by atoms with Gasteiger partial charge in [-0.05, 0) is 58.4 Å². The molecule has 0 bridgehead atoms. The highest BCUT2D eigenvalue weighted by Crippen LogP contribution is 2.36. The molecule has 0 aliphatic heterocycles. The second-order valence-electron chi connectivity index (χ2n) is 7.37. The number of nitrogens with zero attached hydrogens (tertiary/aromatic N) is 1. The molecule has 29 heavy (non-hydrogen) atoms. The summed E-state index contributed by atoms with van der Waals surface area (Å²) < 4.78 is 10.4. The maximum absolute atomic E-state index is 12.4. The number of carbonyl (C=O) groups is 2. The molecule has 2 heterocycles. The van der Waals surface area contributed by atoms with Gasteiger partial charge in [0.1, 0.15) is 15.6 Å². The standard InChI is InChI=1S/C20H26ClN3O4S/c1-6-27-18(25)17-14(10-15(29-17)13-7-8-22-16(21)9-13)23-11-12(2)24-19(26)28-20(3,4)5/h7-10,12,23H,6,11H2,1-5H3,(H,24,26). The van der Waals surface area contributed by atoms with E-state index in [2.05, 4.69) is 15.6 Å². The Morgan fingerprint density at radius 1 is 1.31 bits per heavy atom. The average molecular weight is 440 g/mol. The quantitative estimate of drug-likeness (QED) is 0.467. The number of carbonyl (C=O) groups excluding carboxylic acids is 2. The Morgan fingerprint density at radius 3 is 2.66 bits per heavy atom. The van der Waals surface area contributed by atoms with Crippen molar-refractivity contribution < 1.29 is 19.1 Å². The van der Waals surface area contributed by atoms with Crippen LogP contribution in [0.1, 0.15) is 44.3 Å². The van der Waals surface area contributed by atoms with Crippen molar-refractivity contribution in [1.82, 2.24) is 10.3 Å². The number of hydrogen-bond donors (Lipinski definition) is 2. The van der Waals surface area contributed by atoms with Gasteiger partial charge in [-0.25, -0.2) is 14.6 Å². The molecule has 7 nitrogen and oxygen atoms in total. The fraction of sp³-hybridized carbons (Fsp3) is 0.450. The Bertz CT molecular complexity index is 864. The minimum Gasteiger partial charge on any atom is -0.462 e. The van der Waals surface area contributed by atoms with Gasteiger partial charge >= 0.3 is 12.1 Å². The number of halogens is 1. The molecule has 0 fully saturated rings. The number of aromatic nitrogens is 1. The van der Waals surface area contributed by atoms with Crippen LogP contribution in [0.15, 0.2) is 24.4 Å². The highest BCUT2D eigenvalue weighted by molar-refractivity contribution is 7.18. The molecule has 0 spiro atoms. The topological polar surface area (TPSA) is 89.5 Å². The predicted molar refractivity (Wildman–Crippen MR) is 116 cm³/mol. The number of alkyl carbamates (subject to hydrolysis) is 1. The van der Waals surface area contributed by atoms with E-state index in [-0.39, 0.29) is 12.6 Å². The third-order valence-electron chi connectivity index (χ3n) is 3.57. The van der Waals surface area contributed by atoms with Crippen molar-refractivity contribution in [3.05, 3.63) is 34.4 Å². The highest BCUT2D eigenvalue weighted by atomic mass is 35.5. The maximum atomic E-state index is 12.4. The van der Waals surface area contributed by atoms with Crippen LogP contribution in [0.5, 0.6) is 0 Å². The summed E-state index contributed by atoms with van der Waals surface area (Å²) in [6, 6.07) is 5.20. The Kier molecular flexibility index (Phi) is 7.87. The Balaban J connectivity index is 2.13. The zero-order valence-electron chi connectivity index (χ0n) is 17.2. The van der Waals surface area contributed by atoms with Crippen molar-refractivity contribution in [2.24, 2.45) is 0 Å². The summed E-state index contributed by atoms with van der Waals surface area (Å²) >= 11 is 7.29. The van der Waals surface area contributed by atoms with Crippen LogP contribution < -0.4 is 10.6 Å². The zero-order chi connectivity index (χ0) is 21.6. The molecule has 9 heteroatoms. The van der Waals surface area contributed by atoms with Gasteiger partial charge < -0.3 is 20.1 Å². The van der Waals surface area contributed by atoms with Gasteiger partial charge in [0.2, 0.25) is 0 Å². The smallest absolute Gasteiger partial charge is 0.407 e. The summed E-state index contributed by atoms with van der Waals surface area (Å²) in [5, 5.41) is 6.35. The normalized spacial score (nSPS) is 12.2. The minimum absolute atomic E-state index is 0.224. The van der Waals surface area contributed by atoms with Crippen LogP contribution >= 0.6 is 22.9 Å². The van der Waals surface area contributed by atoms with E-state index < -0.39 is 17.7 Å². The number of amides is 1. The number of hydrogen-bond acceptors (Lipinski definition) is 7. The summed E-state index contributed by atoms with van der Waals surface area (Å²) in [6.07, 6.45) is 1.12. The van der Waals surface area contributed by atoms with E-state index in [0.717, 1.165) is 10.4 Å². The Morgan fingerprint density at radius 2 is 2.03 bits per heavy atom. The van der Waals surface area contributed by atoms with Gasteiger partial charge in [0.05, 0.1) is 12.3 Å². The molecule has 0 saturated carbocycles. The number of pyridine rings is 1. The first-order valence-electron chi connectivity index (χ1n) is 9.25. The first-order chi connectivity index (χ1) is 13.6. The molecule has 2 aromatic rings. The third kappa shape index (κ3) is 7.21. The molecule has 0 aliphatic rings. The minimum atomic E-state index is -0.567. The van der Waals surface area contributed by atoms with Gasteiger partial charge in [-0.1, -0.05) is 11.6 Å². The van der Waals surface area contributed by atoms with Crippen LogP contribution in [0, 0.1) is 0 Å². The van der Waals surface area contributed by atoms with E-state index in [9.17, 15) is 9.59 Å². The molecule has 0 aliphatic carbocycles. The predicted octanol–water partition coefficient (Wildman–Crippen LogP) is 4.97. The summed E-state index contributed by atoms with van der Waals surface area (Å²) in [5.41, 5.74) is 0.922. The summed E-state index contributed by atoms with van der Waals surface area (Å²) in [5.74, 6) is -0.404. The van der Waals surface area contributed by atoms with E-state index in [1.807, 2.05) is 19.1 Å². The SMILES string of the molecule is CCOC(=O)c1sc(-c2ccnc(Cl)c2)cc1NCC(C)NC(=O)OC(C)(C)C. The van der Waals surface area contributed by atoms with Crippen molar-refractivity contribution in [3.8, 4) is 10.4 Å². The van der Waals surface area contributed by atoms with E-state index >= 15 is 0 Å². The molecule has 2 aromatic heterocycles. The lowest BCUT2D eigenvalue weighted by Crippen LogP contribution is -2.40. The van der Waals surface area contributed by atoms with Crippen LogP contribution in [0.25, 0.3) is 10.4 Å². The first kappa shape index (κ1) is 23.0. The van der Waals surface area contributed by atoms with Crippen molar-refractivity contribution in [1.29, 1.82) is 0 Å². The largest absolute Gasteiger partial charge is 0.462 e. The molecule has 0 radical (unpaired) electrons. The van der Waals surface area contributed by atoms with E-state index in [0.29, 0.717) is 22.3 Å². The molecule has 2 rings (SSSR count). The lowest BCUT2D eigenvalue weighted by atomic mass is 10.2. The van der Waals surface area contributed by atoms with Crippen LogP contribution in [0.3, 0.4) is 0 Å². The fourth-order valence-electron chi connectivity index (χ4n) is 2.39. The highest BCUT2D eigenvalue weighted by Gasteiger charge is 2.21. The van der Waals surface area contributed by atoms with Gasteiger partial charge in [-0.15, -0.1) is 11.3 Å². The molecule has 2 N–H and O–H groups in total. The number of ether oxygens (including phenoxy) is 2. The van der Waals surface area contributed by atoms with Crippen molar-refractivity contribution in [2.75, 3.05) is 18.5 Å². The Hall–Kier alpha value is -2.32. The van der Waals surface area contributed by atoms with Gasteiger partial charge in [-0.3, -0.25) is 0 Å². The molecule has 158 valence electrons. The zero-order valence-corrected chi connectivity index (χ0v) is 18.7. The van der Waals surface area contributed by atoms with Crippen molar-refractivity contribution >= 4 is 40.7 Å². The third-order valence-corrected chi connectivity index (χ3v) is 4.94. The van der Waals surface area contributed by atoms with Crippen molar-refractivity contribution in [2.45, 2.75) is 46.3 Å². The number of rotatable bonds is 7. The fourth-order valence-corrected chi connectivity index (χ4v) is 3.59. The van der Waals surface area contributed by atoms with Crippen LogP contribution in [-0.2, 0) is 9.47 Å². The van der Waals surface area contributed by atoms with Crippen LogP contribution in [0.4, 0.5) is 10.5 Å². The number of nitrogens with one attached hydrogen (secondary N) is 2. The molecular weight excluding hydrogens is 414 g/mol. The van der Waals surface area contributed by atoms with Crippen LogP contribution in [0.2, 0.25) is 5.15 Å². The second-order valence-corrected chi connectivity index (χ2v) is 8.81. The van der Waals surface area contributed by atoms with E-state index in [4.69, 9.17) is 21.1 Å². The Labute approximate surface area is 179 Å². The first-order valence-corrected chi connectivity index (χ1v) is 10.4. The second kappa shape index (κ2) is 9.93. The maximum Gasteiger partial charge on any atom is 0.407 e.